The van der Waals surface area contributed by atoms with Gasteiger partial charge in [-0.2, -0.15) is 0 Å². The molecule has 0 fully saturated rings. The molecule has 0 aliphatic heterocycles. The summed E-state index contributed by atoms with van der Waals surface area (Å²) < 4.78 is 29.7. The van der Waals surface area contributed by atoms with Gasteiger partial charge in [0.25, 0.3) is 0 Å². The number of nitrogens with one attached hydrogen (secondary N) is 2. The molecule has 0 radical (unpaired) electrons. The van der Waals surface area contributed by atoms with Crippen LogP contribution in [0.5, 0.6) is 5.75 Å². The highest BCUT2D eigenvalue weighted by atomic mass is 32.2. The maximum absolute atomic E-state index is 11.2. The van der Waals surface area contributed by atoms with E-state index in [0.29, 0.717) is 17.1 Å². The Hall–Kier alpha value is -1.47. The predicted molar refractivity (Wildman–Crippen MR) is 68.7 cm³/mol. The zero-order valence-corrected chi connectivity index (χ0v) is 10.7. The third kappa shape index (κ3) is 3.79. The van der Waals surface area contributed by atoms with Gasteiger partial charge in [0.2, 0.25) is 10.0 Å². The van der Waals surface area contributed by atoms with Crippen molar-refractivity contribution in [3.8, 4) is 5.75 Å². The van der Waals surface area contributed by atoms with Crippen molar-refractivity contribution >= 4 is 21.4 Å². The van der Waals surface area contributed by atoms with Gasteiger partial charge in [0.1, 0.15) is 5.75 Å². The molecule has 1 aromatic carbocycles. The second-order valence-corrected chi connectivity index (χ2v) is 5.42. The van der Waals surface area contributed by atoms with E-state index in [9.17, 15) is 8.42 Å². The number of rotatable bonds is 6. The number of para-hydroxylation sites is 1. The van der Waals surface area contributed by atoms with Gasteiger partial charge in [-0.15, -0.1) is 0 Å². The number of hydrogen-bond acceptors (Lipinski definition) is 5. The van der Waals surface area contributed by atoms with E-state index in [-0.39, 0.29) is 12.3 Å². The molecule has 0 unspecified atom stereocenters. The van der Waals surface area contributed by atoms with Gasteiger partial charge in [0, 0.05) is 6.54 Å². The highest BCUT2D eigenvalue weighted by Crippen LogP contribution is 2.28. The summed E-state index contributed by atoms with van der Waals surface area (Å²) in [7, 11) is -0.290. The minimum atomic E-state index is -3.20. The molecule has 6 nitrogen and oxygen atoms in total. The minimum Gasteiger partial charge on any atom is -0.495 e. The largest absolute Gasteiger partial charge is 0.495 e. The molecule has 7 heteroatoms. The van der Waals surface area contributed by atoms with Gasteiger partial charge in [-0.1, -0.05) is 6.07 Å². The standard InChI is InChI=1S/C10H17N3O3S/c1-12-17(14,15)7-6-13-8-4-3-5-9(16-2)10(8)11/h3-5,12-13H,6-7,11H2,1-2H3. The van der Waals surface area contributed by atoms with Crippen LogP contribution in [0.25, 0.3) is 0 Å². The van der Waals surface area contributed by atoms with Crippen molar-refractivity contribution in [2.45, 2.75) is 0 Å². The summed E-state index contributed by atoms with van der Waals surface area (Å²) in [5, 5.41) is 2.95. The van der Waals surface area contributed by atoms with Crippen LogP contribution in [0.4, 0.5) is 11.4 Å². The SMILES string of the molecule is CNS(=O)(=O)CCNc1cccc(OC)c1N. The number of hydrogen-bond donors (Lipinski definition) is 3. The maximum atomic E-state index is 11.2. The average Bonchev–Trinajstić information content (AvgIpc) is 2.31. The molecule has 96 valence electrons. The number of benzene rings is 1. The third-order valence-corrected chi connectivity index (χ3v) is 3.65. The summed E-state index contributed by atoms with van der Waals surface area (Å²) in [5.74, 6) is 0.548. The Bertz CT molecular complexity index is 474. The fraction of sp³-hybridized carbons (Fsp3) is 0.400. The normalized spacial score (nSPS) is 11.2. The number of ether oxygens (including phenoxy) is 1. The molecule has 0 bridgehead atoms. The van der Waals surface area contributed by atoms with E-state index in [2.05, 4.69) is 10.0 Å². The molecule has 0 spiro atoms. The van der Waals surface area contributed by atoms with E-state index in [0.717, 1.165) is 0 Å². The van der Waals surface area contributed by atoms with Crippen molar-refractivity contribution < 1.29 is 13.2 Å². The predicted octanol–water partition coefficient (Wildman–Crippen LogP) is 0.238. The number of nitrogen functional groups attached to an aromatic ring is 1. The Morgan fingerprint density at radius 3 is 2.71 bits per heavy atom. The molecule has 4 N–H and O–H groups in total. The van der Waals surface area contributed by atoms with E-state index >= 15 is 0 Å². The zero-order chi connectivity index (χ0) is 12.9. The Labute approximate surface area is 101 Å². The van der Waals surface area contributed by atoms with Crippen LogP contribution in [0.15, 0.2) is 18.2 Å². The quantitative estimate of drug-likeness (QED) is 0.636. The first-order chi connectivity index (χ1) is 8.00. The van der Waals surface area contributed by atoms with Crippen molar-refractivity contribution in [2.24, 2.45) is 0 Å². The Morgan fingerprint density at radius 1 is 1.41 bits per heavy atom. The molecular weight excluding hydrogens is 242 g/mol. The van der Waals surface area contributed by atoms with Crippen LogP contribution in [-0.2, 0) is 10.0 Å². The van der Waals surface area contributed by atoms with Crippen LogP contribution in [0, 0.1) is 0 Å². The van der Waals surface area contributed by atoms with E-state index in [1.165, 1.54) is 14.2 Å². The van der Waals surface area contributed by atoms with Crippen LogP contribution in [-0.4, -0.2) is 34.9 Å². The monoisotopic (exact) mass is 259 g/mol. The van der Waals surface area contributed by atoms with E-state index in [4.69, 9.17) is 10.5 Å². The molecule has 1 rings (SSSR count). The Morgan fingerprint density at radius 2 is 2.12 bits per heavy atom. The lowest BCUT2D eigenvalue weighted by Gasteiger charge is -2.11. The van der Waals surface area contributed by atoms with Crippen molar-refractivity contribution in [3.63, 3.8) is 0 Å². The smallest absolute Gasteiger partial charge is 0.213 e. The lowest BCUT2D eigenvalue weighted by Crippen LogP contribution is -2.26. The second kappa shape index (κ2) is 5.74. The van der Waals surface area contributed by atoms with E-state index in [1.807, 2.05) is 0 Å². The van der Waals surface area contributed by atoms with E-state index in [1.54, 1.807) is 18.2 Å². The summed E-state index contributed by atoms with van der Waals surface area (Å²) >= 11 is 0. The zero-order valence-electron chi connectivity index (χ0n) is 9.86. The van der Waals surface area contributed by atoms with Crippen molar-refractivity contribution in [3.05, 3.63) is 18.2 Å². The van der Waals surface area contributed by atoms with Gasteiger partial charge < -0.3 is 15.8 Å². The first-order valence-corrected chi connectivity index (χ1v) is 6.73. The topological polar surface area (TPSA) is 93.5 Å². The first-order valence-electron chi connectivity index (χ1n) is 5.07. The first kappa shape index (κ1) is 13.6. The number of sulfonamides is 1. The maximum Gasteiger partial charge on any atom is 0.213 e. The molecule has 0 atom stereocenters. The fourth-order valence-electron chi connectivity index (χ4n) is 1.30. The Kier molecular flexibility index (Phi) is 4.59. The summed E-state index contributed by atoms with van der Waals surface area (Å²) in [6.07, 6.45) is 0. The fourth-order valence-corrected chi connectivity index (χ4v) is 1.87. The van der Waals surface area contributed by atoms with Crippen molar-refractivity contribution in [2.75, 3.05) is 37.5 Å². The highest BCUT2D eigenvalue weighted by Gasteiger charge is 2.08. The lowest BCUT2D eigenvalue weighted by molar-refractivity contribution is 0.417. The molecule has 0 aliphatic carbocycles. The molecule has 0 saturated carbocycles. The number of nitrogens with two attached hydrogens (primary N) is 1. The molecule has 0 amide bonds. The van der Waals surface area contributed by atoms with Gasteiger partial charge in [-0.25, -0.2) is 13.1 Å². The van der Waals surface area contributed by atoms with Gasteiger partial charge in [-0.3, -0.25) is 0 Å². The number of anilines is 2. The highest BCUT2D eigenvalue weighted by molar-refractivity contribution is 7.89. The summed E-state index contributed by atoms with van der Waals surface area (Å²) in [6.45, 7) is 0.278. The molecule has 1 aromatic rings. The van der Waals surface area contributed by atoms with E-state index < -0.39 is 10.0 Å². The van der Waals surface area contributed by atoms with Crippen LogP contribution in [0.2, 0.25) is 0 Å². The lowest BCUT2D eigenvalue weighted by atomic mass is 10.2. The van der Waals surface area contributed by atoms with Crippen LogP contribution in [0.1, 0.15) is 0 Å². The van der Waals surface area contributed by atoms with Crippen LogP contribution < -0.4 is 20.5 Å². The molecule has 0 aromatic heterocycles. The van der Waals surface area contributed by atoms with Gasteiger partial charge >= 0.3 is 0 Å². The van der Waals surface area contributed by atoms with Gasteiger partial charge in [0.15, 0.2) is 0 Å². The summed E-state index contributed by atoms with van der Waals surface area (Å²) in [5.41, 5.74) is 6.96. The minimum absolute atomic E-state index is 0.0137. The van der Waals surface area contributed by atoms with Crippen molar-refractivity contribution in [1.82, 2.24) is 4.72 Å². The summed E-state index contributed by atoms with van der Waals surface area (Å²) in [4.78, 5) is 0. The third-order valence-electron chi connectivity index (χ3n) is 2.28. The van der Waals surface area contributed by atoms with Gasteiger partial charge in [0.05, 0.1) is 24.2 Å². The number of methoxy groups -OCH3 is 1. The molecule has 17 heavy (non-hydrogen) atoms. The summed E-state index contributed by atoms with van der Waals surface area (Å²) in [6, 6.07) is 5.29. The van der Waals surface area contributed by atoms with Gasteiger partial charge in [-0.05, 0) is 19.2 Å². The Balaban J connectivity index is 2.64. The second-order valence-electron chi connectivity index (χ2n) is 3.37. The molecule has 0 aliphatic rings. The average molecular weight is 259 g/mol. The van der Waals surface area contributed by atoms with Crippen LogP contribution >= 0.6 is 0 Å². The van der Waals surface area contributed by atoms with Crippen LogP contribution in [0.3, 0.4) is 0 Å². The molecule has 0 saturated heterocycles. The van der Waals surface area contributed by atoms with Crippen molar-refractivity contribution in [1.29, 1.82) is 0 Å². The molecular formula is C10H17N3O3S. The molecule has 0 heterocycles.